The number of carbonyl (C=O) groups excluding carboxylic acids is 2. The first-order valence-electron chi connectivity index (χ1n) is 9.07. The van der Waals surface area contributed by atoms with Crippen LogP contribution in [0.4, 0.5) is 0 Å². The molecule has 0 saturated heterocycles. The van der Waals surface area contributed by atoms with Crippen LogP contribution < -0.4 is 14.8 Å². The zero-order valence-corrected chi connectivity index (χ0v) is 15.7. The number of nitrogens with zero attached hydrogens (tertiary/aromatic N) is 1. The van der Waals surface area contributed by atoms with E-state index in [1.807, 2.05) is 49.4 Å². The molecule has 0 saturated carbocycles. The van der Waals surface area contributed by atoms with Crippen molar-refractivity contribution >= 4 is 11.9 Å². The summed E-state index contributed by atoms with van der Waals surface area (Å²) in [5.74, 6) is 0.260. The summed E-state index contributed by atoms with van der Waals surface area (Å²) in [5.41, 5.74) is 2.53. The minimum atomic E-state index is -0.648. The monoisotopic (exact) mass is 393 g/mol. The molecule has 1 aliphatic heterocycles. The summed E-state index contributed by atoms with van der Waals surface area (Å²) in [6.07, 6.45) is 0. The summed E-state index contributed by atoms with van der Waals surface area (Å²) < 4.78 is 15.7. The molecule has 0 bridgehead atoms. The molecule has 3 aromatic rings. The van der Waals surface area contributed by atoms with Crippen LogP contribution in [-0.2, 0) is 9.53 Å². The molecule has 148 valence electrons. The molecule has 1 atom stereocenters. The lowest BCUT2D eigenvalue weighted by atomic mass is 10.1. The Morgan fingerprint density at radius 1 is 1.14 bits per heavy atom. The Morgan fingerprint density at radius 3 is 2.76 bits per heavy atom. The maximum absolute atomic E-state index is 12.2. The van der Waals surface area contributed by atoms with Crippen molar-refractivity contribution in [2.45, 2.75) is 13.0 Å². The largest absolute Gasteiger partial charge is 0.454 e. The number of carbonyl (C=O) groups is 2. The van der Waals surface area contributed by atoms with Gasteiger partial charge in [-0.2, -0.15) is 5.10 Å². The van der Waals surface area contributed by atoms with E-state index >= 15 is 0 Å². The Morgan fingerprint density at radius 2 is 1.93 bits per heavy atom. The number of benzene rings is 2. The number of aromatic nitrogens is 2. The third kappa shape index (κ3) is 4.21. The van der Waals surface area contributed by atoms with Gasteiger partial charge in [-0.1, -0.05) is 36.4 Å². The molecule has 0 fully saturated rings. The van der Waals surface area contributed by atoms with E-state index in [1.165, 1.54) is 0 Å². The van der Waals surface area contributed by atoms with Gasteiger partial charge in [0.1, 0.15) is 5.69 Å². The molecular weight excluding hydrogens is 374 g/mol. The molecule has 2 N–H and O–H groups in total. The van der Waals surface area contributed by atoms with Crippen molar-refractivity contribution in [3.63, 3.8) is 0 Å². The molecule has 29 heavy (non-hydrogen) atoms. The lowest BCUT2D eigenvalue weighted by molar-refractivity contribution is -0.124. The fraction of sp³-hybridized carbons (Fsp3) is 0.190. The predicted octanol–water partition coefficient (Wildman–Crippen LogP) is 2.84. The van der Waals surface area contributed by atoms with E-state index in [0.717, 1.165) is 11.1 Å². The quantitative estimate of drug-likeness (QED) is 0.625. The second-order valence-electron chi connectivity index (χ2n) is 6.51. The van der Waals surface area contributed by atoms with E-state index in [0.29, 0.717) is 17.2 Å². The van der Waals surface area contributed by atoms with E-state index in [1.54, 1.807) is 12.1 Å². The van der Waals surface area contributed by atoms with Crippen LogP contribution in [-0.4, -0.2) is 35.5 Å². The van der Waals surface area contributed by atoms with Crippen molar-refractivity contribution < 1.29 is 23.8 Å². The average Bonchev–Trinajstić information content (AvgIpc) is 3.41. The lowest BCUT2D eigenvalue weighted by Crippen LogP contribution is -2.31. The van der Waals surface area contributed by atoms with Crippen LogP contribution in [0.25, 0.3) is 11.3 Å². The number of aromatic amines is 1. The van der Waals surface area contributed by atoms with Crippen molar-refractivity contribution in [1.29, 1.82) is 0 Å². The molecule has 1 aromatic heterocycles. The SMILES string of the molecule is C[C@H](NC(=O)COC(=O)c1cc(-c2ccccc2)n[nH]1)c1ccc2c(c1)OCO2. The molecule has 1 amide bonds. The van der Waals surface area contributed by atoms with Crippen LogP contribution in [0.2, 0.25) is 0 Å². The van der Waals surface area contributed by atoms with Crippen molar-refractivity contribution in [2.75, 3.05) is 13.4 Å². The van der Waals surface area contributed by atoms with Gasteiger partial charge < -0.3 is 19.5 Å². The third-order valence-corrected chi connectivity index (χ3v) is 4.48. The van der Waals surface area contributed by atoms with Gasteiger partial charge in [0.15, 0.2) is 18.1 Å². The van der Waals surface area contributed by atoms with Gasteiger partial charge in [0.2, 0.25) is 6.79 Å². The number of H-pyrrole nitrogens is 1. The number of rotatable bonds is 6. The smallest absolute Gasteiger partial charge is 0.356 e. The molecule has 0 aliphatic carbocycles. The molecule has 2 heterocycles. The summed E-state index contributed by atoms with van der Waals surface area (Å²) in [7, 11) is 0. The fourth-order valence-electron chi connectivity index (χ4n) is 2.94. The van der Waals surface area contributed by atoms with E-state index in [4.69, 9.17) is 14.2 Å². The van der Waals surface area contributed by atoms with Crippen LogP contribution in [0, 0.1) is 0 Å². The Kier molecular flexibility index (Phi) is 5.15. The van der Waals surface area contributed by atoms with Crippen LogP contribution in [0.15, 0.2) is 54.6 Å². The number of hydrogen-bond donors (Lipinski definition) is 2. The summed E-state index contributed by atoms with van der Waals surface area (Å²) in [5, 5.41) is 9.53. The van der Waals surface area contributed by atoms with E-state index in [-0.39, 0.29) is 18.5 Å². The van der Waals surface area contributed by atoms with Gasteiger partial charge in [-0.15, -0.1) is 0 Å². The summed E-state index contributed by atoms with van der Waals surface area (Å²) in [6.45, 7) is 1.63. The molecule has 8 heteroatoms. The Hall–Kier alpha value is -3.81. The third-order valence-electron chi connectivity index (χ3n) is 4.48. The normalized spacial score (nSPS) is 13.0. The first-order valence-corrected chi connectivity index (χ1v) is 9.07. The van der Waals surface area contributed by atoms with Gasteiger partial charge in [-0.3, -0.25) is 9.89 Å². The highest BCUT2D eigenvalue weighted by atomic mass is 16.7. The molecule has 4 rings (SSSR count). The molecule has 0 unspecified atom stereocenters. The van der Waals surface area contributed by atoms with E-state index in [9.17, 15) is 9.59 Å². The Bertz CT molecular complexity index is 1030. The first kappa shape index (κ1) is 18.5. The van der Waals surface area contributed by atoms with Gasteiger partial charge >= 0.3 is 5.97 Å². The second-order valence-corrected chi connectivity index (χ2v) is 6.51. The van der Waals surface area contributed by atoms with E-state index in [2.05, 4.69) is 15.5 Å². The predicted molar refractivity (Wildman–Crippen MR) is 103 cm³/mol. The maximum Gasteiger partial charge on any atom is 0.356 e. The summed E-state index contributed by atoms with van der Waals surface area (Å²) in [4.78, 5) is 24.3. The number of fused-ring (bicyclic) bond motifs is 1. The van der Waals surface area contributed by atoms with Gasteiger partial charge in [-0.25, -0.2) is 4.79 Å². The number of esters is 1. The van der Waals surface area contributed by atoms with Crippen molar-refractivity contribution in [3.8, 4) is 22.8 Å². The average molecular weight is 393 g/mol. The highest BCUT2D eigenvalue weighted by Crippen LogP contribution is 2.34. The standard InChI is InChI=1S/C21H19N3O5/c1-13(15-7-8-18-19(9-15)29-12-28-18)22-20(25)11-27-21(26)17-10-16(23-24-17)14-5-3-2-4-6-14/h2-10,13H,11-12H2,1H3,(H,22,25)(H,23,24)/t13-/m0/s1. The molecule has 2 aromatic carbocycles. The van der Waals surface area contributed by atoms with Crippen molar-refractivity contribution in [3.05, 3.63) is 65.9 Å². The van der Waals surface area contributed by atoms with Gasteiger partial charge in [0.25, 0.3) is 5.91 Å². The van der Waals surface area contributed by atoms with E-state index < -0.39 is 18.5 Å². The number of nitrogens with one attached hydrogen (secondary N) is 2. The minimum Gasteiger partial charge on any atom is -0.454 e. The number of hydrogen-bond acceptors (Lipinski definition) is 6. The second kappa shape index (κ2) is 8.05. The van der Waals surface area contributed by atoms with Gasteiger partial charge in [0.05, 0.1) is 11.7 Å². The molecule has 0 radical (unpaired) electrons. The Labute approximate surface area is 166 Å². The van der Waals surface area contributed by atoms with Gasteiger partial charge in [-0.05, 0) is 30.7 Å². The van der Waals surface area contributed by atoms with Crippen molar-refractivity contribution in [2.24, 2.45) is 0 Å². The zero-order chi connectivity index (χ0) is 20.2. The topological polar surface area (TPSA) is 103 Å². The van der Waals surface area contributed by atoms with Crippen molar-refractivity contribution in [1.82, 2.24) is 15.5 Å². The Balaban J connectivity index is 1.30. The highest BCUT2D eigenvalue weighted by molar-refractivity contribution is 5.90. The van der Waals surface area contributed by atoms with Crippen LogP contribution in [0.5, 0.6) is 11.5 Å². The molecule has 8 nitrogen and oxygen atoms in total. The zero-order valence-electron chi connectivity index (χ0n) is 15.7. The fourth-order valence-corrected chi connectivity index (χ4v) is 2.94. The number of ether oxygens (including phenoxy) is 3. The molecule has 0 spiro atoms. The van der Waals surface area contributed by atoms with Gasteiger partial charge in [0, 0.05) is 5.56 Å². The lowest BCUT2D eigenvalue weighted by Gasteiger charge is -2.14. The number of amides is 1. The highest BCUT2D eigenvalue weighted by Gasteiger charge is 2.18. The first-order chi connectivity index (χ1) is 14.1. The summed E-state index contributed by atoms with van der Waals surface area (Å²) in [6, 6.07) is 16.2. The maximum atomic E-state index is 12.2. The minimum absolute atomic E-state index is 0.181. The van der Waals surface area contributed by atoms with Crippen LogP contribution in [0.1, 0.15) is 29.0 Å². The van der Waals surface area contributed by atoms with Crippen LogP contribution in [0.3, 0.4) is 0 Å². The van der Waals surface area contributed by atoms with Crippen LogP contribution >= 0.6 is 0 Å². The molecular formula is C21H19N3O5. The summed E-state index contributed by atoms with van der Waals surface area (Å²) >= 11 is 0. The molecule has 1 aliphatic rings.